The maximum Gasteiger partial charge on any atom is 0.262 e. The lowest BCUT2D eigenvalue weighted by Gasteiger charge is -2.22. The molecule has 2 aromatic carbocycles. The average molecular weight is 518 g/mol. The van der Waals surface area contributed by atoms with E-state index in [-0.39, 0.29) is 28.7 Å². The highest BCUT2D eigenvalue weighted by Gasteiger charge is 2.21. The molecule has 0 aliphatic rings. The van der Waals surface area contributed by atoms with Crippen LogP contribution in [-0.2, 0) is 13.1 Å². The highest BCUT2D eigenvalue weighted by molar-refractivity contribution is 6.35. The van der Waals surface area contributed by atoms with E-state index >= 15 is 0 Å². The van der Waals surface area contributed by atoms with Crippen molar-refractivity contribution < 1.29 is 0 Å². The Kier molecular flexibility index (Phi) is 7.86. The summed E-state index contributed by atoms with van der Waals surface area (Å²) in [6.45, 7) is 3.81. The second-order valence-electron chi connectivity index (χ2n) is 8.81. The van der Waals surface area contributed by atoms with Crippen LogP contribution in [0.2, 0.25) is 5.02 Å². The predicted octanol–water partition coefficient (Wildman–Crippen LogP) is 3.57. The van der Waals surface area contributed by atoms with Crippen LogP contribution in [-0.4, -0.2) is 38.0 Å². The quantitative estimate of drug-likeness (QED) is 0.302. The molecule has 4 rings (SSSR count). The van der Waals surface area contributed by atoms with Crippen LogP contribution in [0.25, 0.3) is 10.9 Å². The number of halogens is 1. The summed E-state index contributed by atoms with van der Waals surface area (Å²) in [6.07, 6.45) is 0.706. The van der Waals surface area contributed by atoms with Crippen molar-refractivity contribution in [3.63, 3.8) is 0 Å². The van der Waals surface area contributed by atoms with Crippen LogP contribution in [0.3, 0.4) is 0 Å². The number of hydrogen-bond acceptors (Lipinski definition) is 9. The Morgan fingerprint density at radius 3 is 2.62 bits per heavy atom. The normalized spacial score (nSPS) is 12.0. The molecule has 0 aliphatic carbocycles. The van der Waals surface area contributed by atoms with Crippen LogP contribution in [0.15, 0.2) is 53.3 Å². The van der Waals surface area contributed by atoms with Gasteiger partial charge in [-0.2, -0.15) is 15.2 Å². The monoisotopic (exact) mass is 517 g/mol. The Morgan fingerprint density at radius 1 is 1.14 bits per heavy atom. The molecule has 0 bridgehead atoms. The molecule has 190 valence electrons. The number of benzene rings is 2. The highest BCUT2D eigenvalue weighted by Crippen LogP contribution is 2.25. The lowest BCUT2D eigenvalue weighted by molar-refractivity contribution is 0.312. The molecule has 0 saturated carbocycles. The first kappa shape index (κ1) is 25.9. The van der Waals surface area contributed by atoms with E-state index in [9.17, 15) is 10.1 Å². The van der Waals surface area contributed by atoms with Crippen LogP contribution in [0, 0.1) is 11.3 Å². The Hall–Kier alpha value is -4.20. The summed E-state index contributed by atoms with van der Waals surface area (Å²) in [6, 6.07) is 16.9. The Balaban J connectivity index is 1.64. The molecule has 0 saturated heterocycles. The summed E-state index contributed by atoms with van der Waals surface area (Å²) in [4.78, 5) is 28.6. The van der Waals surface area contributed by atoms with Crippen molar-refractivity contribution in [1.82, 2.24) is 24.4 Å². The Morgan fingerprint density at radius 2 is 1.89 bits per heavy atom. The predicted molar refractivity (Wildman–Crippen MR) is 146 cm³/mol. The van der Waals surface area contributed by atoms with Crippen molar-refractivity contribution in [3.05, 3.63) is 80.9 Å². The first-order valence-corrected chi connectivity index (χ1v) is 12.2. The second kappa shape index (κ2) is 11.2. The molecular formula is C26H28ClN9O. The molecule has 0 unspecified atom stereocenters. The molecule has 0 radical (unpaired) electrons. The van der Waals surface area contributed by atoms with Crippen molar-refractivity contribution >= 4 is 40.1 Å². The fraction of sp³-hybridized carbons (Fsp3) is 0.269. The van der Waals surface area contributed by atoms with Gasteiger partial charge < -0.3 is 21.7 Å². The van der Waals surface area contributed by atoms with Crippen LogP contribution in [0.4, 0.5) is 17.6 Å². The van der Waals surface area contributed by atoms with E-state index in [1.165, 1.54) is 5.56 Å². The molecule has 37 heavy (non-hydrogen) atoms. The average Bonchev–Trinajstić information content (AvgIpc) is 2.85. The molecule has 10 nitrogen and oxygen atoms in total. The standard InChI is InChI=1S/C26H28ClN9O/c1-16(31-23-18(14-28)22(29)33-26(30)34-23)24-32-20-11-6-10-19(27)21(20)25(37)36(24)13-7-12-35(2)15-17-8-4-3-5-9-17/h3-6,8-11,16H,7,12-13,15H2,1-2H3,(H5,29,30,31,33,34)/t16-/m0/s1. The summed E-state index contributed by atoms with van der Waals surface area (Å²) in [5.41, 5.74) is 13.2. The van der Waals surface area contributed by atoms with Crippen LogP contribution < -0.4 is 22.3 Å². The number of hydrogen-bond donors (Lipinski definition) is 3. The van der Waals surface area contributed by atoms with Gasteiger partial charge in [0.1, 0.15) is 23.3 Å². The van der Waals surface area contributed by atoms with Crippen LogP contribution in [0.5, 0.6) is 0 Å². The van der Waals surface area contributed by atoms with Gasteiger partial charge in [0.25, 0.3) is 5.56 Å². The zero-order chi connectivity index (χ0) is 26.5. The zero-order valence-corrected chi connectivity index (χ0v) is 21.4. The zero-order valence-electron chi connectivity index (χ0n) is 20.6. The van der Waals surface area contributed by atoms with E-state index < -0.39 is 6.04 Å². The van der Waals surface area contributed by atoms with Crippen molar-refractivity contribution in [3.8, 4) is 6.07 Å². The lowest BCUT2D eigenvalue weighted by atomic mass is 10.2. The van der Waals surface area contributed by atoms with Gasteiger partial charge >= 0.3 is 0 Å². The van der Waals surface area contributed by atoms with Gasteiger partial charge in [-0.15, -0.1) is 0 Å². The van der Waals surface area contributed by atoms with Crippen molar-refractivity contribution in [2.24, 2.45) is 0 Å². The fourth-order valence-corrected chi connectivity index (χ4v) is 4.49. The Labute approximate surface area is 219 Å². The van der Waals surface area contributed by atoms with Crippen LogP contribution >= 0.6 is 11.6 Å². The maximum absolute atomic E-state index is 13.6. The number of nitrogens with one attached hydrogen (secondary N) is 1. The minimum Gasteiger partial charge on any atom is -0.382 e. The molecule has 0 aliphatic heterocycles. The van der Waals surface area contributed by atoms with E-state index in [0.29, 0.717) is 34.7 Å². The molecule has 11 heteroatoms. The highest BCUT2D eigenvalue weighted by atomic mass is 35.5. The van der Waals surface area contributed by atoms with Crippen molar-refractivity contribution in [2.45, 2.75) is 32.5 Å². The lowest BCUT2D eigenvalue weighted by Crippen LogP contribution is -2.30. The second-order valence-corrected chi connectivity index (χ2v) is 9.21. The fourth-order valence-electron chi connectivity index (χ4n) is 4.24. The first-order chi connectivity index (χ1) is 17.8. The smallest absolute Gasteiger partial charge is 0.262 e. The third-order valence-electron chi connectivity index (χ3n) is 5.99. The minimum absolute atomic E-state index is 0.0261. The number of aromatic nitrogens is 4. The molecule has 5 N–H and O–H groups in total. The van der Waals surface area contributed by atoms with Gasteiger partial charge in [0.05, 0.1) is 22.0 Å². The molecule has 0 fully saturated rings. The van der Waals surface area contributed by atoms with Crippen molar-refractivity contribution in [1.29, 1.82) is 5.26 Å². The van der Waals surface area contributed by atoms with E-state index in [1.54, 1.807) is 22.8 Å². The van der Waals surface area contributed by atoms with Gasteiger partial charge in [-0.25, -0.2) is 4.98 Å². The van der Waals surface area contributed by atoms with E-state index in [2.05, 4.69) is 32.3 Å². The molecule has 1 atom stereocenters. The molecular weight excluding hydrogens is 490 g/mol. The number of nitrogens with zero attached hydrogens (tertiary/aromatic N) is 6. The molecule has 4 aromatic rings. The van der Waals surface area contributed by atoms with E-state index in [0.717, 1.165) is 13.1 Å². The third-order valence-corrected chi connectivity index (χ3v) is 6.30. The maximum atomic E-state index is 13.6. The topological polar surface area (TPSA) is 152 Å². The SMILES string of the molecule is C[C@H](Nc1nc(N)nc(N)c1C#N)c1nc2cccc(Cl)c2c(=O)n1CCCN(C)Cc1ccccc1. The number of nitriles is 1. The minimum atomic E-state index is -0.515. The summed E-state index contributed by atoms with van der Waals surface area (Å²) >= 11 is 6.39. The van der Waals surface area contributed by atoms with Gasteiger partial charge in [0.2, 0.25) is 5.95 Å². The van der Waals surface area contributed by atoms with Gasteiger partial charge in [-0.05, 0) is 44.6 Å². The summed E-state index contributed by atoms with van der Waals surface area (Å²) < 4.78 is 1.63. The van der Waals surface area contributed by atoms with E-state index in [4.69, 9.17) is 28.1 Å². The summed E-state index contributed by atoms with van der Waals surface area (Å²) in [7, 11) is 2.05. The van der Waals surface area contributed by atoms with Gasteiger partial charge in [0, 0.05) is 13.1 Å². The van der Waals surface area contributed by atoms with Gasteiger partial charge in [-0.1, -0.05) is 48.0 Å². The molecule has 0 amide bonds. The first-order valence-electron chi connectivity index (χ1n) is 11.8. The molecule has 2 aromatic heterocycles. The molecule has 0 spiro atoms. The summed E-state index contributed by atoms with van der Waals surface area (Å²) in [5, 5.41) is 13.4. The summed E-state index contributed by atoms with van der Waals surface area (Å²) in [5.74, 6) is 0.560. The number of fused-ring (bicyclic) bond motifs is 1. The molecule has 2 heterocycles. The third kappa shape index (κ3) is 5.80. The Bertz CT molecular complexity index is 1510. The number of nitrogens with two attached hydrogens (primary N) is 2. The largest absolute Gasteiger partial charge is 0.382 e. The van der Waals surface area contributed by atoms with Crippen LogP contribution in [0.1, 0.15) is 36.3 Å². The number of anilines is 3. The number of rotatable bonds is 9. The number of nitrogen functional groups attached to an aromatic ring is 2. The van der Waals surface area contributed by atoms with Gasteiger partial charge in [-0.3, -0.25) is 9.36 Å². The van der Waals surface area contributed by atoms with Crippen molar-refractivity contribution in [2.75, 3.05) is 30.4 Å². The van der Waals surface area contributed by atoms with Gasteiger partial charge in [0.15, 0.2) is 5.82 Å². The van der Waals surface area contributed by atoms with E-state index in [1.807, 2.05) is 38.2 Å².